The van der Waals surface area contributed by atoms with Gasteiger partial charge in [-0.3, -0.25) is 9.63 Å². The Labute approximate surface area is 135 Å². The van der Waals surface area contributed by atoms with Crippen molar-refractivity contribution in [3.05, 3.63) is 35.4 Å². The summed E-state index contributed by atoms with van der Waals surface area (Å²) in [6.45, 7) is 18.5. The van der Waals surface area contributed by atoms with Gasteiger partial charge in [-0.1, -0.05) is 24.3 Å². The Bertz CT molecular complexity index is 516. The van der Waals surface area contributed by atoms with E-state index in [-0.39, 0.29) is 22.5 Å². The zero-order valence-corrected chi connectivity index (χ0v) is 15.6. The number of nitrogens with zero attached hydrogens (tertiary/aromatic N) is 1. The van der Waals surface area contributed by atoms with Crippen molar-refractivity contribution in [3.8, 4) is 0 Å². The van der Waals surface area contributed by atoms with Gasteiger partial charge in [0.15, 0.2) is 5.78 Å². The van der Waals surface area contributed by atoms with E-state index in [2.05, 4.69) is 60.5 Å². The normalized spacial score (nSPS) is 13.5. The van der Waals surface area contributed by atoms with Gasteiger partial charge in [0.25, 0.3) is 0 Å². The van der Waals surface area contributed by atoms with E-state index in [0.29, 0.717) is 0 Å². The first kappa shape index (κ1) is 18.9. The Hall–Kier alpha value is -1.19. The van der Waals surface area contributed by atoms with E-state index in [1.54, 1.807) is 6.92 Å². The molecule has 1 rings (SSSR count). The second-order valence-corrected chi connectivity index (χ2v) is 8.36. The second kappa shape index (κ2) is 6.13. The Morgan fingerprint density at radius 2 is 1.36 bits per heavy atom. The largest absolute Gasteiger partial charge is 0.295 e. The maximum atomic E-state index is 11.5. The van der Waals surface area contributed by atoms with E-state index < -0.39 is 0 Å². The lowest BCUT2D eigenvalue weighted by molar-refractivity contribution is -0.313. The van der Waals surface area contributed by atoms with Crippen LogP contribution in [0.3, 0.4) is 0 Å². The molecule has 0 spiro atoms. The van der Waals surface area contributed by atoms with Crippen LogP contribution in [0.2, 0.25) is 0 Å². The van der Waals surface area contributed by atoms with Crippen molar-refractivity contribution in [2.24, 2.45) is 0 Å². The molecule has 0 aliphatic rings. The quantitative estimate of drug-likeness (QED) is 0.582. The standard InChI is InChI=1S/C19H31NO2/c1-14(21)15-10-12-16(13-11-15)19(8,9)20(17(2,3)4)22-18(5,6)7/h10-13H,1-9H3. The highest BCUT2D eigenvalue weighted by molar-refractivity contribution is 5.94. The van der Waals surface area contributed by atoms with Gasteiger partial charge in [0.2, 0.25) is 0 Å². The summed E-state index contributed by atoms with van der Waals surface area (Å²) in [7, 11) is 0. The summed E-state index contributed by atoms with van der Waals surface area (Å²) in [5.74, 6) is 0.0861. The summed E-state index contributed by atoms with van der Waals surface area (Å²) in [4.78, 5) is 17.7. The Morgan fingerprint density at radius 1 is 0.909 bits per heavy atom. The third kappa shape index (κ3) is 4.65. The minimum Gasteiger partial charge on any atom is -0.295 e. The van der Waals surface area contributed by atoms with Crippen LogP contribution in [0.4, 0.5) is 0 Å². The Balaban J connectivity index is 3.23. The number of carbonyl (C=O) groups is 1. The fourth-order valence-corrected chi connectivity index (χ4v) is 2.59. The maximum Gasteiger partial charge on any atom is 0.159 e. The lowest BCUT2D eigenvalue weighted by Gasteiger charge is -2.48. The number of hydroxylamine groups is 2. The highest BCUT2D eigenvalue weighted by Gasteiger charge is 2.39. The predicted octanol–water partition coefficient (Wildman–Crippen LogP) is 4.95. The van der Waals surface area contributed by atoms with Crippen molar-refractivity contribution in [1.82, 2.24) is 5.06 Å². The molecule has 3 heteroatoms. The number of ketones is 1. The third-order valence-electron chi connectivity index (χ3n) is 3.48. The van der Waals surface area contributed by atoms with Gasteiger partial charge < -0.3 is 0 Å². The summed E-state index contributed by atoms with van der Waals surface area (Å²) in [6, 6.07) is 7.80. The summed E-state index contributed by atoms with van der Waals surface area (Å²) < 4.78 is 0. The third-order valence-corrected chi connectivity index (χ3v) is 3.48. The first-order chi connectivity index (χ1) is 9.75. The van der Waals surface area contributed by atoms with Crippen molar-refractivity contribution in [1.29, 1.82) is 0 Å². The molecule has 0 N–H and O–H groups in total. The van der Waals surface area contributed by atoms with Crippen LogP contribution in [-0.2, 0) is 10.4 Å². The maximum absolute atomic E-state index is 11.5. The average molecular weight is 305 g/mol. The van der Waals surface area contributed by atoms with Crippen molar-refractivity contribution >= 4 is 5.78 Å². The highest BCUT2D eigenvalue weighted by Crippen LogP contribution is 2.36. The topological polar surface area (TPSA) is 29.5 Å². The number of hydrogen-bond donors (Lipinski definition) is 0. The van der Waals surface area contributed by atoms with Crippen LogP contribution in [0, 0.1) is 0 Å². The Morgan fingerprint density at radius 3 is 1.68 bits per heavy atom. The van der Waals surface area contributed by atoms with Gasteiger partial charge in [-0.15, -0.1) is 0 Å². The molecule has 0 aliphatic carbocycles. The molecule has 0 aliphatic heterocycles. The smallest absolute Gasteiger partial charge is 0.159 e. The SMILES string of the molecule is CC(=O)c1ccc(C(C)(C)N(OC(C)(C)C)C(C)(C)C)cc1. The molecule has 0 amide bonds. The van der Waals surface area contributed by atoms with Crippen LogP contribution in [0.15, 0.2) is 24.3 Å². The molecule has 0 bridgehead atoms. The van der Waals surface area contributed by atoms with Crippen LogP contribution in [0.5, 0.6) is 0 Å². The lowest BCUT2D eigenvalue weighted by atomic mass is 9.89. The molecule has 0 saturated heterocycles. The fraction of sp³-hybridized carbons (Fsp3) is 0.632. The van der Waals surface area contributed by atoms with Crippen LogP contribution < -0.4 is 0 Å². The van der Waals surface area contributed by atoms with Gasteiger partial charge >= 0.3 is 0 Å². The fourth-order valence-electron chi connectivity index (χ4n) is 2.59. The summed E-state index contributed by atoms with van der Waals surface area (Å²) in [5.41, 5.74) is 1.11. The zero-order chi connectivity index (χ0) is 17.3. The minimum absolute atomic E-state index is 0.0861. The van der Waals surface area contributed by atoms with E-state index in [1.807, 2.05) is 24.3 Å². The van der Waals surface area contributed by atoms with Gasteiger partial charge in [0.05, 0.1) is 11.1 Å². The van der Waals surface area contributed by atoms with Gasteiger partial charge in [-0.2, -0.15) is 5.06 Å². The molecule has 0 atom stereocenters. The van der Waals surface area contributed by atoms with Gasteiger partial charge in [-0.05, 0) is 67.9 Å². The molecule has 0 aromatic heterocycles. The van der Waals surface area contributed by atoms with E-state index in [4.69, 9.17) is 4.84 Å². The Kier molecular flexibility index (Phi) is 5.26. The summed E-state index contributed by atoms with van der Waals surface area (Å²) >= 11 is 0. The van der Waals surface area contributed by atoms with Crippen molar-refractivity contribution < 1.29 is 9.63 Å². The number of Topliss-reactive ketones (excluding diaryl/α,β-unsaturated/α-hetero) is 1. The van der Waals surface area contributed by atoms with Crippen molar-refractivity contribution in [2.45, 2.75) is 79.0 Å². The number of benzene rings is 1. The van der Waals surface area contributed by atoms with E-state index in [9.17, 15) is 4.79 Å². The van der Waals surface area contributed by atoms with Gasteiger partial charge in [0, 0.05) is 11.1 Å². The number of hydrogen-bond acceptors (Lipinski definition) is 3. The molecule has 0 heterocycles. The summed E-state index contributed by atoms with van der Waals surface area (Å²) in [6.07, 6.45) is 0. The molecule has 3 nitrogen and oxygen atoms in total. The van der Waals surface area contributed by atoms with Gasteiger partial charge in [-0.25, -0.2) is 0 Å². The molecule has 0 fully saturated rings. The second-order valence-electron chi connectivity index (χ2n) is 8.36. The van der Waals surface area contributed by atoms with Crippen molar-refractivity contribution in [2.75, 3.05) is 0 Å². The minimum atomic E-state index is -0.319. The molecule has 124 valence electrons. The molecule has 0 saturated carbocycles. The molecule has 0 unspecified atom stereocenters. The van der Waals surface area contributed by atoms with Crippen LogP contribution in [0.25, 0.3) is 0 Å². The predicted molar refractivity (Wildman–Crippen MR) is 91.9 cm³/mol. The molecule has 22 heavy (non-hydrogen) atoms. The monoisotopic (exact) mass is 305 g/mol. The van der Waals surface area contributed by atoms with Crippen molar-refractivity contribution in [3.63, 3.8) is 0 Å². The number of rotatable bonds is 4. The molecular formula is C19H31NO2. The molecule has 1 aromatic rings. The number of carbonyl (C=O) groups excluding carboxylic acids is 1. The molecule has 0 radical (unpaired) electrons. The van der Waals surface area contributed by atoms with Crippen LogP contribution >= 0.6 is 0 Å². The van der Waals surface area contributed by atoms with E-state index in [1.165, 1.54) is 0 Å². The molecular weight excluding hydrogens is 274 g/mol. The lowest BCUT2D eigenvalue weighted by Crippen LogP contribution is -2.54. The highest BCUT2D eigenvalue weighted by atomic mass is 16.7. The van der Waals surface area contributed by atoms with E-state index >= 15 is 0 Å². The van der Waals surface area contributed by atoms with Crippen LogP contribution in [-0.4, -0.2) is 22.0 Å². The first-order valence-electron chi connectivity index (χ1n) is 7.86. The molecule has 1 aromatic carbocycles. The summed E-state index contributed by atoms with van der Waals surface area (Å²) in [5, 5.41) is 2.06. The van der Waals surface area contributed by atoms with E-state index in [0.717, 1.165) is 11.1 Å². The van der Waals surface area contributed by atoms with Gasteiger partial charge in [0.1, 0.15) is 0 Å². The van der Waals surface area contributed by atoms with Crippen LogP contribution in [0.1, 0.15) is 78.2 Å². The first-order valence-corrected chi connectivity index (χ1v) is 7.86. The average Bonchev–Trinajstić information content (AvgIpc) is 2.33. The zero-order valence-electron chi connectivity index (χ0n) is 15.6.